The predicted molar refractivity (Wildman–Crippen MR) is 85.6 cm³/mol. The van der Waals surface area contributed by atoms with Gasteiger partial charge in [-0.2, -0.15) is 0 Å². The van der Waals surface area contributed by atoms with Gasteiger partial charge in [-0.25, -0.2) is 0 Å². The van der Waals surface area contributed by atoms with Crippen molar-refractivity contribution < 1.29 is 4.79 Å². The average Bonchev–Trinajstić information content (AvgIpc) is 2.55. The minimum absolute atomic E-state index is 0.0861. The molecular weight excluding hydrogens is 300 g/mol. The van der Waals surface area contributed by atoms with E-state index in [1.807, 2.05) is 18.2 Å². The maximum absolute atomic E-state index is 12.4. The zero-order valence-corrected chi connectivity index (χ0v) is 12.8. The number of hydrogen-bond acceptors (Lipinski definition) is 4. The van der Waals surface area contributed by atoms with Gasteiger partial charge >= 0.3 is 0 Å². The number of carbonyl (C=O) groups is 1. The first-order valence-electron chi connectivity index (χ1n) is 7.28. The second-order valence-electron chi connectivity index (χ2n) is 5.44. The Kier molecular flexibility index (Phi) is 4.36. The number of rotatable bonds is 2. The number of nitrogens with zero attached hydrogens (tertiary/aromatic N) is 3. The average molecular weight is 317 g/mol. The molecule has 22 heavy (non-hydrogen) atoms. The predicted octanol–water partition coefficient (Wildman–Crippen LogP) is 2.36. The summed E-state index contributed by atoms with van der Waals surface area (Å²) in [5.74, 6) is -0.0861. The van der Waals surface area contributed by atoms with Gasteiger partial charge in [-0.1, -0.05) is 23.7 Å². The molecule has 0 spiro atoms. The number of nitrogens with two attached hydrogens (primary N) is 1. The third-order valence-corrected chi connectivity index (χ3v) is 4.07. The van der Waals surface area contributed by atoms with Crippen molar-refractivity contribution in [2.45, 2.75) is 18.9 Å². The molecule has 0 atom stereocenters. The van der Waals surface area contributed by atoms with Crippen LogP contribution in [0.3, 0.4) is 0 Å². The molecule has 0 bridgehead atoms. The van der Waals surface area contributed by atoms with E-state index in [-0.39, 0.29) is 11.9 Å². The Morgan fingerprint density at radius 1 is 1.18 bits per heavy atom. The SMILES string of the molecule is NC1CCN(C(=O)c2ccc(-c3cccc(Cl)c3)nn2)CC1. The fourth-order valence-electron chi connectivity index (χ4n) is 2.51. The lowest BCUT2D eigenvalue weighted by molar-refractivity contribution is 0.0707. The first-order chi connectivity index (χ1) is 10.6. The van der Waals surface area contributed by atoms with Crippen LogP contribution in [0.15, 0.2) is 36.4 Å². The highest BCUT2D eigenvalue weighted by atomic mass is 35.5. The Bertz CT molecular complexity index is 666. The number of carbonyl (C=O) groups excluding carboxylic acids is 1. The Balaban J connectivity index is 1.75. The quantitative estimate of drug-likeness (QED) is 0.923. The highest BCUT2D eigenvalue weighted by Crippen LogP contribution is 2.20. The molecule has 2 N–H and O–H groups in total. The number of halogens is 1. The van der Waals surface area contributed by atoms with E-state index in [4.69, 9.17) is 17.3 Å². The minimum Gasteiger partial charge on any atom is -0.337 e. The molecule has 6 heteroatoms. The van der Waals surface area contributed by atoms with Gasteiger partial charge < -0.3 is 10.6 Å². The Morgan fingerprint density at radius 3 is 2.59 bits per heavy atom. The van der Waals surface area contributed by atoms with Crippen LogP contribution >= 0.6 is 11.6 Å². The van der Waals surface area contributed by atoms with E-state index in [0.717, 1.165) is 18.4 Å². The first kappa shape index (κ1) is 14.9. The van der Waals surface area contributed by atoms with Gasteiger partial charge in [0, 0.05) is 29.7 Å². The summed E-state index contributed by atoms with van der Waals surface area (Å²) < 4.78 is 0. The highest BCUT2D eigenvalue weighted by Gasteiger charge is 2.22. The maximum atomic E-state index is 12.4. The van der Waals surface area contributed by atoms with Gasteiger partial charge in [0.2, 0.25) is 0 Å². The Morgan fingerprint density at radius 2 is 1.95 bits per heavy atom. The van der Waals surface area contributed by atoms with Crippen molar-refractivity contribution in [1.29, 1.82) is 0 Å². The van der Waals surface area contributed by atoms with Crippen LogP contribution in [-0.4, -0.2) is 40.1 Å². The molecule has 1 amide bonds. The summed E-state index contributed by atoms with van der Waals surface area (Å²) in [7, 11) is 0. The van der Waals surface area contributed by atoms with Crippen LogP contribution < -0.4 is 5.73 Å². The smallest absolute Gasteiger partial charge is 0.274 e. The minimum atomic E-state index is -0.0861. The summed E-state index contributed by atoms with van der Waals surface area (Å²) in [6, 6.07) is 11.1. The van der Waals surface area contributed by atoms with E-state index in [2.05, 4.69) is 10.2 Å². The third kappa shape index (κ3) is 3.26. The molecule has 1 saturated heterocycles. The van der Waals surface area contributed by atoms with Crippen molar-refractivity contribution in [2.75, 3.05) is 13.1 Å². The van der Waals surface area contributed by atoms with E-state index in [9.17, 15) is 4.79 Å². The fraction of sp³-hybridized carbons (Fsp3) is 0.312. The molecule has 1 aliphatic heterocycles. The molecule has 1 fully saturated rings. The van der Waals surface area contributed by atoms with Gasteiger partial charge in [-0.3, -0.25) is 4.79 Å². The zero-order chi connectivity index (χ0) is 15.5. The number of likely N-dealkylation sites (tertiary alicyclic amines) is 1. The normalized spacial score (nSPS) is 15.8. The van der Waals surface area contributed by atoms with E-state index >= 15 is 0 Å². The monoisotopic (exact) mass is 316 g/mol. The molecule has 2 heterocycles. The van der Waals surface area contributed by atoms with Gasteiger partial charge in [0.05, 0.1) is 5.69 Å². The van der Waals surface area contributed by atoms with Crippen LogP contribution in [0, 0.1) is 0 Å². The summed E-state index contributed by atoms with van der Waals surface area (Å²) in [6.45, 7) is 1.36. The standard InChI is InChI=1S/C16H17ClN4O/c17-12-3-1-2-11(10-12)14-4-5-15(20-19-14)16(22)21-8-6-13(18)7-9-21/h1-5,10,13H,6-9,18H2. The van der Waals surface area contributed by atoms with Gasteiger partial charge in [-0.05, 0) is 37.1 Å². The van der Waals surface area contributed by atoms with Crippen molar-refractivity contribution in [3.8, 4) is 11.3 Å². The molecule has 0 saturated carbocycles. The van der Waals surface area contributed by atoms with Crippen molar-refractivity contribution in [3.05, 3.63) is 47.1 Å². The van der Waals surface area contributed by atoms with Crippen LogP contribution in [0.2, 0.25) is 5.02 Å². The van der Waals surface area contributed by atoms with Crippen LogP contribution in [0.25, 0.3) is 11.3 Å². The lowest BCUT2D eigenvalue weighted by Gasteiger charge is -2.29. The molecule has 1 aromatic carbocycles. The molecule has 5 nitrogen and oxygen atoms in total. The molecule has 0 radical (unpaired) electrons. The van der Waals surface area contributed by atoms with Crippen LogP contribution in [0.5, 0.6) is 0 Å². The second kappa shape index (κ2) is 6.42. The number of amides is 1. The van der Waals surface area contributed by atoms with Crippen LogP contribution in [-0.2, 0) is 0 Å². The summed E-state index contributed by atoms with van der Waals surface area (Å²) in [5, 5.41) is 8.85. The van der Waals surface area contributed by atoms with Crippen molar-refractivity contribution >= 4 is 17.5 Å². The fourth-order valence-corrected chi connectivity index (χ4v) is 2.70. The molecular formula is C16H17ClN4O. The number of aromatic nitrogens is 2. The van der Waals surface area contributed by atoms with Gasteiger partial charge in [0.25, 0.3) is 5.91 Å². The zero-order valence-electron chi connectivity index (χ0n) is 12.1. The van der Waals surface area contributed by atoms with Crippen molar-refractivity contribution in [1.82, 2.24) is 15.1 Å². The maximum Gasteiger partial charge on any atom is 0.274 e. The van der Waals surface area contributed by atoms with Crippen LogP contribution in [0.1, 0.15) is 23.3 Å². The van der Waals surface area contributed by atoms with Crippen LogP contribution in [0.4, 0.5) is 0 Å². The molecule has 114 valence electrons. The summed E-state index contributed by atoms with van der Waals surface area (Å²) >= 11 is 5.97. The molecule has 1 aromatic heterocycles. The van der Waals surface area contributed by atoms with Crippen molar-refractivity contribution in [2.24, 2.45) is 5.73 Å². The topological polar surface area (TPSA) is 72.1 Å². The molecule has 0 aliphatic carbocycles. The Hall–Kier alpha value is -1.98. The number of benzene rings is 1. The summed E-state index contributed by atoms with van der Waals surface area (Å²) in [4.78, 5) is 14.2. The van der Waals surface area contributed by atoms with E-state index in [0.29, 0.717) is 29.5 Å². The molecule has 0 unspecified atom stereocenters. The number of piperidine rings is 1. The van der Waals surface area contributed by atoms with E-state index in [1.54, 1.807) is 23.1 Å². The highest BCUT2D eigenvalue weighted by molar-refractivity contribution is 6.30. The largest absolute Gasteiger partial charge is 0.337 e. The second-order valence-corrected chi connectivity index (χ2v) is 5.88. The van der Waals surface area contributed by atoms with Crippen molar-refractivity contribution in [3.63, 3.8) is 0 Å². The van der Waals surface area contributed by atoms with Gasteiger partial charge in [0.15, 0.2) is 5.69 Å². The lowest BCUT2D eigenvalue weighted by Crippen LogP contribution is -2.43. The third-order valence-electron chi connectivity index (χ3n) is 3.83. The molecule has 1 aliphatic rings. The Labute approximate surface area is 134 Å². The molecule has 2 aromatic rings. The number of hydrogen-bond donors (Lipinski definition) is 1. The summed E-state index contributed by atoms with van der Waals surface area (Å²) in [5.41, 5.74) is 7.79. The van der Waals surface area contributed by atoms with Gasteiger partial charge in [-0.15, -0.1) is 10.2 Å². The van der Waals surface area contributed by atoms with E-state index in [1.165, 1.54) is 0 Å². The lowest BCUT2D eigenvalue weighted by atomic mass is 10.1. The first-order valence-corrected chi connectivity index (χ1v) is 7.66. The van der Waals surface area contributed by atoms with Gasteiger partial charge in [0.1, 0.15) is 0 Å². The molecule has 3 rings (SSSR count). The van der Waals surface area contributed by atoms with E-state index < -0.39 is 0 Å². The summed E-state index contributed by atoms with van der Waals surface area (Å²) in [6.07, 6.45) is 1.67.